The van der Waals surface area contributed by atoms with Crippen molar-refractivity contribution in [3.63, 3.8) is 0 Å². The van der Waals surface area contributed by atoms with Crippen LogP contribution in [0.15, 0.2) is 18.2 Å². The van der Waals surface area contributed by atoms with Crippen molar-refractivity contribution >= 4 is 11.6 Å². The number of halogens is 1. The maximum atomic E-state index is 6.28. The lowest BCUT2D eigenvalue weighted by Crippen LogP contribution is -2.35. The van der Waals surface area contributed by atoms with Crippen LogP contribution in [0.1, 0.15) is 24.8 Å². The largest absolute Gasteiger partial charge is 0.495 e. The third-order valence-electron chi connectivity index (χ3n) is 3.14. The second-order valence-corrected chi connectivity index (χ2v) is 4.66. The number of ether oxygens (including phenoxy) is 1. The Morgan fingerprint density at radius 2 is 2.31 bits per heavy atom. The third-order valence-corrected chi connectivity index (χ3v) is 3.57. The van der Waals surface area contributed by atoms with Crippen molar-refractivity contribution in [1.29, 1.82) is 0 Å². The molecular formula is C13H18ClNO. The summed E-state index contributed by atoms with van der Waals surface area (Å²) in [6.45, 7) is 1.13. The first-order valence-electron chi connectivity index (χ1n) is 5.86. The highest BCUT2D eigenvalue weighted by molar-refractivity contribution is 6.32. The van der Waals surface area contributed by atoms with Crippen LogP contribution in [0, 0.1) is 0 Å². The summed E-state index contributed by atoms with van der Waals surface area (Å²) < 4.78 is 5.22. The van der Waals surface area contributed by atoms with Crippen LogP contribution < -0.4 is 10.1 Å². The van der Waals surface area contributed by atoms with Gasteiger partial charge in [-0.15, -0.1) is 0 Å². The van der Waals surface area contributed by atoms with E-state index in [0.717, 1.165) is 23.7 Å². The second-order valence-electron chi connectivity index (χ2n) is 4.28. The number of nitrogens with one attached hydrogen (secondary N) is 1. The van der Waals surface area contributed by atoms with Crippen molar-refractivity contribution in [2.24, 2.45) is 0 Å². The molecule has 2 rings (SSSR count). The van der Waals surface area contributed by atoms with Crippen molar-refractivity contribution in [1.82, 2.24) is 5.32 Å². The molecule has 3 heteroatoms. The Balaban J connectivity index is 2.08. The maximum absolute atomic E-state index is 6.28. The normalized spacial score (nSPS) is 20.8. The second kappa shape index (κ2) is 5.55. The maximum Gasteiger partial charge on any atom is 0.137 e. The highest BCUT2D eigenvalue weighted by Crippen LogP contribution is 2.29. The lowest BCUT2D eigenvalue weighted by molar-refractivity contribution is 0.396. The van der Waals surface area contributed by atoms with Crippen molar-refractivity contribution in [2.45, 2.75) is 31.7 Å². The van der Waals surface area contributed by atoms with Gasteiger partial charge in [-0.1, -0.05) is 30.2 Å². The van der Waals surface area contributed by atoms with Crippen LogP contribution in [-0.4, -0.2) is 19.7 Å². The summed E-state index contributed by atoms with van der Waals surface area (Å²) in [7, 11) is 1.66. The summed E-state index contributed by atoms with van der Waals surface area (Å²) >= 11 is 6.28. The van der Waals surface area contributed by atoms with Crippen molar-refractivity contribution in [3.05, 3.63) is 28.8 Å². The quantitative estimate of drug-likeness (QED) is 0.876. The zero-order chi connectivity index (χ0) is 11.4. The minimum Gasteiger partial charge on any atom is -0.495 e. The fourth-order valence-electron chi connectivity index (χ4n) is 2.24. The van der Waals surface area contributed by atoms with Crippen molar-refractivity contribution in [3.8, 4) is 5.75 Å². The monoisotopic (exact) mass is 239 g/mol. The summed E-state index contributed by atoms with van der Waals surface area (Å²) in [5.74, 6) is 0.773. The van der Waals surface area contributed by atoms with Crippen molar-refractivity contribution < 1.29 is 4.74 Å². The van der Waals surface area contributed by atoms with Crippen LogP contribution in [0.3, 0.4) is 0 Å². The molecule has 1 N–H and O–H groups in total. The Hall–Kier alpha value is -0.730. The Morgan fingerprint density at radius 3 is 3.00 bits per heavy atom. The molecule has 1 aromatic rings. The highest BCUT2D eigenvalue weighted by atomic mass is 35.5. The third kappa shape index (κ3) is 2.69. The van der Waals surface area contributed by atoms with Crippen LogP contribution in [0.25, 0.3) is 0 Å². The predicted octanol–water partition coefficient (Wildman–Crippen LogP) is 3.03. The first kappa shape index (κ1) is 11.7. The van der Waals surface area contributed by atoms with Crippen LogP contribution in [0.4, 0.5) is 0 Å². The lowest BCUT2D eigenvalue weighted by Gasteiger charge is -2.24. The number of piperidine rings is 1. The van der Waals surface area contributed by atoms with E-state index in [1.54, 1.807) is 7.11 Å². The molecule has 0 spiro atoms. The molecule has 1 aliphatic rings. The molecule has 1 heterocycles. The number of rotatable bonds is 3. The standard InChI is InChI=1S/C13H18ClNO/c1-16-12-7-4-5-10(13(12)14)9-11-6-2-3-8-15-11/h4-5,7,11,15H,2-3,6,8-9H2,1H3. The summed E-state index contributed by atoms with van der Waals surface area (Å²) in [6.07, 6.45) is 4.85. The smallest absolute Gasteiger partial charge is 0.137 e. The van der Waals surface area contributed by atoms with Gasteiger partial charge in [-0.2, -0.15) is 0 Å². The fraction of sp³-hybridized carbons (Fsp3) is 0.538. The number of methoxy groups -OCH3 is 1. The molecule has 0 bridgehead atoms. The van der Waals surface area contributed by atoms with Gasteiger partial charge in [0.1, 0.15) is 5.75 Å². The Morgan fingerprint density at radius 1 is 1.44 bits per heavy atom. The Kier molecular flexibility index (Phi) is 4.08. The molecule has 2 nitrogen and oxygen atoms in total. The fourth-order valence-corrected chi connectivity index (χ4v) is 2.52. The number of hydrogen-bond acceptors (Lipinski definition) is 2. The summed E-state index contributed by atoms with van der Waals surface area (Å²) in [6, 6.07) is 6.56. The van der Waals surface area contributed by atoms with E-state index in [2.05, 4.69) is 11.4 Å². The molecule has 16 heavy (non-hydrogen) atoms. The molecule has 1 aromatic carbocycles. The van der Waals surface area contributed by atoms with Gasteiger partial charge in [0.2, 0.25) is 0 Å². The molecule has 88 valence electrons. The molecular weight excluding hydrogens is 222 g/mol. The van der Waals surface area contributed by atoms with Gasteiger partial charge in [0.05, 0.1) is 12.1 Å². The van der Waals surface area contributed by atoms with Crippen LogP contribution in [0.5, 0.6) is 5.75 Å². The zero-order valence-electron chi connectivity index (χ0n) is 9.63. The summed E-state index contributed by atoms with van der Waals surface area (Å²) in [4.78, 5) is 0. The van der Waals surface area contributed by atoms with E-state index in [1.807, 2.05) is 12.1 Å². The molecule has 0 aromatic heterocycles. The highest BCUT2D eigenvalue weighted by Gasteiger charge is 2.15. The van der Waals surface area contributed by atoms with Gasteiger partial charge >= 0.3 is 0 Å². The molecule has 0 radical (unpaired) electrons. The molecule has 0 saturated carbocycles. The van der Waals surface area contributed by atoms with Crippen LogP contribution in [0.2, 0.25) is 5.02 Å². The Labute approximate surface area is 102 Å². The minimum atomic E-state index is 0.568. The first-order chi connectivity index (χ1) is 7.81. The predicted molar refractivity (Wildman–Crippen MR) is 67.3 cm³/mol. The number of benzene rings is 1. The Bertz CT molecular complexity index is 348. The van der Waals surface area contributed by atoms with Gasteiger partial charge in [-0.05, 0) is 37.4 Å². The van der Waals surface area contributed by atoms with E-state index in [0.29, 0.717) is 6.04 Å². The molecule has 1 saturated heterocycles. The molecule has 1 aliphatic heterocycles. The molecule has 0 amide bonds. The summed E-state index contributed by atoms with van der Waals surface area (Å²) in [5.41, 5.74) is 1.18. The lowest BCUT2D eigenvalue weighted by atomic mass is 9.98. The first-order valence-corrected chi connectivity index (χ1v) is 6.24. The average Bonchev–Trinajstić information content (AvgIpc) is 2.33. The number of hydrogen-bond donors (Lipinski definition) is 1. The zero-order valence-corrected chi connectivity index (χ0v) is 10.4. The SMILES string of the molecule is COc1cccc(CC2CCCCN2)c1Cl. The van der Waals surface area contributed by atoms with Crippen molar-refractivity contribution in [2.75, 3.05) is 13.7 Å². The molecule has 1 atom stereocenters. The molecule has 1 unspecified atom stereocenters. The van der Waals surface area contributed by atoms with Gasteiger partial charge < -0.3 is 10.1 Å². The van der Waals surface area contributed by atoms with E-state index in [4.69, 9.17) is 16.3 Å². The van der Waals surface area contributed by atoms with Crippen LogP contribution >= 0.6 is 11.6 Å². The summed E-state index contributed by atoms with van der Waals surface area (Å²) in [5, 5.41) is 4.29. The van der Waals surface area contributed by atoms with Gasteiger partial charge in [0, 0.05) is 6.04 Å². The van der Waals surface area contributed by atoms with E-state index in [-0.39, 0.29) is 0 Å². The molecule has 1 fully saturated rings. The topological polar surface area (TPSA) is 21.3 Å². The molecule has 0 aliphatic carbocycles. The van der Waals surface area contributed by atoms with Gasteiger partial charge in [-0.25, -0.2) is 0 Å². The van der Waals surface area contributed by atoms with Gasteiger partial charge in [0.25, 0.3) is 0 Å². The van der Waals surface area contributed by atoms with E-state index in [1.165, 1.54) is 24.8 Å². The van der Waals surface area contributed by atoms with Crippen LogP contribution in [-0.2, 0) is 6.42 Å². The van der Waals surface area contributed by atoms with Gasteiger partial charge in [0.15, 0.2) is 0 Å². The average molecular weight is 240 g/mol. The minimum absolute atomic E-state index is 0.568. The van der Waals surface area contributed by atoms with E-state index < -0.39 is 0 Å². The van der Waals surface area contributed by atoms with E-state index >= 15 is 0 Å². The van der Waals surface area contributed by atoms with E-state index in [9.17, 15) is 0 Å². The van der Waals surface area contributed by atoms with Gasteiger partial charge in [-0.3, -0.25) is 0 Å².